The second kappa shape index (κ2) is 7.87. The minimum absolute atomic E-state index is 0.0131. The Hall–Kier alpha value is -2.75. The van der Waals surface area contributed by atoms with Crippen LogP contribution in [0.4, 0.5) is 17.6 Å². The van der Waals surface area contributed by atoms with E-state index in [-0.39, 0.29) is 18.2 Å². The molecular weight excluding hydrogens is 384 g/mol. The third kappa shape index (κ3) is 4.91. The van der Waals surface area contributed by atoms with Gasteiger partial charge in [0.25, 0.3) is 0 Å². The van der Waals surface area contributed by atoms with Crippen LogP contribution >= 0.6 is 11.8 Å². The molecule has 0 fully saturated rings. The summed E-state index contributed by atoms with van der Waals surface area (Å²) in [4.78, 5) is 0. The van der Waals surface area contributed by atoms with E-state index in [4.69, 9.17) is 10.6 Å². The molecule has 0 amide bonds. The van der Waals surface area contributed by atoms with Gasteiger partial charge in [-0.05, 0) is 35.9 Å². The number of aromatic nitrogens is 3. The number of alkyl halides is 3. The summed E-state index contributed by atoms with van der Waals surface area (Å²) < 4.78 is 57.8. The van der Waals surface area contributed by atoms with Crippen LogP contribution in [0.3, 0.4) is 0 Å². The number of rotatable bonds is 6. The normalized spacial score (nSPS) is 11.6. The second-order valence-corrected chi connectivity index (χ2v) is 6.44. The Kier molecular flexibility index (Phi) is 5.54. The topological polar surface area (TPSA) is 66.0 Å². The molecule has 0 radical (unpaired) electrons. The number of halogens is 4. The summed E-state index contributed by atoms with van der Waals surface area (Å²) in [5.41, 5.74) is -0.217. The minimum Gasteiger partial charge on any atom is -0.486 e. The molecule has 0 aliphatic carbocycles. The van der Waals surface area contributed by atoms with Crippen molar-refractivity contribution in [1.82, 2.24) is 14.9 Å². The fraction of sp³-hybridized carbons (Fsp3) is 0.176. The van der Waals surface area contributed by atoms with Crippen molar-refractivity contribution in [3.63, 3.8) is 0 Å². The smallest absolute Gasteiger partial charge is 0.416 e. The fourth-order valence-electron chi connectivity index (χ4n) is 2.17. The predicted octanol–water partition coefficient (Wildman–Crippen LogP) is 4.02. The van der Waals surface area contributed by atoms with Crippen molar-refractivity contribution in [3.8, 4) is 5.75 Å². The summed E-state index contributed by atoms with van der Waals surface area (Å²) in [6, 6.07) is 10.5. The maximum absolute atomic E-state index is 12.9. The van der Waals surface area contributed by atoms with E-state index < -0.39 is 11.7 Å². The first-order chi connectivity index (χ1) is 12.8. The van der Waals surface area contributed by atoms with Crippen molar-refractivity contribution in [2.24, 2.45) is 0 Å². The van der Waals surface area contributed by atoms with Crippen molar-refractivity contribution in [2.45, 2.75) is 23.7 Å². The van der Waals surface area contributed by atoms with Crippen LogP contribution in [0.1, 0.15) is 17.0 Å². The number of hydrogen-bond donors (Lipinski definition) is 1. The zero-order valence-electron chi connectivity index (χ0n) is 13.8. The average Bonchev–Trinajstić information content (AvgIpc) is 2.99. The van der Waals surface area contributed by atoms with Crippen LogP contribution in [0.25, 0.3) is 0 Å². The van der Waals surface area contributed by atoms with Gasteiger partial charge in [0.05, 0.1) is 5.56 Å². The molecule has 1 heterocycles. The zero-order chi connectivity index (χ0) is 19.4. The summed E-state index contributed by atoms with van der Waals surface area (Å²) in [7, 11) is 0. The number of nitrogens with two attached hydrogens (primary N) is 1. The first-order valence-corrected chi connectivity index (χ1v) is 8.68. The molecule has 10 heteroatoms. The SMILES string of the molecule is Nn1c(COc2ccc(F)cc2)nnc1SCc1cccc(C(F)(F)F)c1. The maximum Gasteiger partial charge on any atom is 0.416 e. The molecule has 2 N–H and O–H groups in total. The van der Waals surface area contributed by atoms with Gasteiger partial charge in [0.15, 0.2) is 5.82 Å². The fourth-order valence-corrected chi connectivity index (χ4v) is 2.99. The summed E-state index contributed by atoms with van der Waals surface area (Å²) in [6.07, 6.45) is -4.39. The highest BCUT2D eigenvalue weighted by molar-refractivity contribution is 7.98. The van der Waals surface area contributed by atoms with Crippen molar-refractivity contribution in [1.29, 1.82) is 0 Å². The zero-order valence-corrected chi connectivity index (χ0v) is 14.6. The molecule has 2 aromatic carbocycles. The third-order valence-electron chi connectivity index (χ3n) is 3.54. The molecule has 0 aliphatic heterocycles. The lowest BCUT2D eigenvalue weighted by Crippen LogP contribution is -2.15. The van der Waals surface area contributed by atoms with E-state index in [1.807, 2.05) is 0 Å². The highest BCUT2D eigenvalue weighted by Gasteiger charge is 2.30. The number of thioether (sulfide) groups is 1. The lowest BCUT2D eigenvalue weighted by molar-refractivity contribution is -0.137. The van der Waals surface area contributed by atoms with Gasteiger partial charge < -0.3 is 10.6 Å². The van der Waals surface area contributed by atoms with Gasteiger partial charge in [0.2, 0.25) is 5.16 Å². The molecule has 1 aromatic heterocycles. The van der Waals surface area contributed by atoms with E-state index in [2.05, 4.69) is 10.2 Å². The van der Waals surface area contributed by atoms with Gasteiger partial charge in [0, 0.05) is 5.75 Å². The molecular formula is C17H14F4N4OS. The highest BCUT2D eigenvalue weighted by Crippen LogP contribution is 2.31. The van der Waals surface area contributed by atoms with Gasteiger partial charge in [-0.15, -0.1) is 10.2 Å². The lowest BCUT2D eigenvalue weighted by Gasteiger charge is -2.08. The molecule has 0 atom stereocenters. The summed E-state index contributed by atoms with van der Waals surface area (Å²) >= 11 is 1.16. The highest BCUT2D eigenvalue weighted by atomic mass is 32.2. The maximum atomic E-state index is 12.9. The molecule has 27 heavy (non-hydrogen) atoms. The Morgan fingerprint density at radius 1 is 1.07 bits per heavy atom. The van der Waals surface area contributed by atoms with E-state index >= 15 is 0 Å². The van der Waals surface area contributed by atoms with Gasteiger partial charge in [-0.3, -0.25) is 0 Å². The van der Waals surface area contributed by atoms with E-state index in [1.165, 1.54) is 35.0 Å². The molecule has 0 bridgehead atoms. The standard InChI is InChI=1S/C17H14F4N4OS/c18-13-4-6-14(7-5-13)26-9-15-23-24-16(25(15)22)27-10-11-2-1-3-12(8-11)17(19,20)21/h1-8H,9-10,22H2. The van der Waals surface area contributed by atoms with Crippen LogP contribution in [-0.2, 0) is 18.5 Å². The Balaban J connectivity index is 1.61. The number of hydrogen-bond acceptors (Lipinski definition) is 5. The molecule has 0 saturated carbocycles. The van der Waals surface area contributed by atoms with Gasteiger partial charge in [-0.2, -0.15) is 13.2 Å². The van der Waals surface area contributed by atoms with Crippen LogP contribution in [0.15, 0.2) is 53.7 Å². The van der Waals surface area contributed by atoms with Crippen molar-refractivity contribution >= 4 is 11.8 Å². The second-order valence-electron chi connectivity index (χ2n) is 5.50. The predicted molar refractivity (Wildman–Crippen MR) is 91.9 cm³/mol. The largest absolute Gasteiger partial charge is 0.486 e. The van der Waals surface area contributed by atoms with Crippen LogP contribution in [0, 0.1) is 5.82 Å². The molecule has 0 spiro atoms. The summed E-state index contributed by atoms with van der Waals surface area (Å²) in [5, 5.41) is 8.16. The molecule has 5 nitrogen and oxygen atoms in total. The minimum atomic E-state index is -4.39. The number of nitrogens with zero attached hydrogens (tertiary/aromatic N) is 3. The van der Waals surface area contributed by atoms with Crippen molar-refractivity contribution < 1.29 is 22.3 Å². The summed E-state index contributed by atoms with van der Waals surface area (Å²) in [6.45, 7) is 0.0131. The Morgan fingerprint density at radius 2 is 1.81 bits per heavy atom. The Bertz CT molecular complexity index is 912. The van der Waals surface area contributed by atoms with Crippen LogP contribution in [0.2, 0.25) is 0 Å². The number of ether oxygens (including phenoxy) is 1. The molecule has 142 valence electrons. The third-order valence-corrected chi connectivity index (χ3v) is 4.55. The Morgan fingerprint density at radius 3 is 2.52 bits per heavy atom. The number of benzene rings is 2. The molecule has 3 rings (SSSR count). The molecule has 0 saturated heterocycles. The number of nitrogen functional groups attached to an aromatic ring is 1. The van der Waals surface area contributed by atoms with Gasteiger partial charge >= 0.3 is 6.18 Å². The van der Waals surface area contributed by atoms with Crippen LogP contribution < -0.4 is 10.6 Å². The van der Waals surface area contributed by atoms with Crippen LogP contribution in [0.5, 0.6) is 5.75 Å². The van der Waals surface area contributed by atoms with Gasteiger partial charge in [-0.1, -0.05) is 30.0 Å². The Labute approximate surface area is 156 Å². The average molecular weight is 398 g/mol. The lowest BCUT2D eigenvalue weighted by atomic mass is 10.1. The van der Waals surface area contributed by atoms with E-state index in [0.717, 1.165) is 23.9 Å². The van der Waals surface area contributed by atoms with Gasteiger partial charge in [0.1, 0.15) is 18.2 Å². The van der Waals surface area contributed by atoms with Gasteiger partial charge in [-0.25, -0.2) is 9.07 Å². The van der Waals surface area contributed by atoms with E-state index in [0.29, 0.717) is 22.3 Å². The quantitative estimate of drug-likeness (QED) is 0.386. The van der Waals surface area contributed by atoms with Crippen LogP contribution in [-0.4, -0.2) is 14.9 Å². The monoisotopic (exact) mass is 398 g/mol. The first-order valence-electron chi connectivity index (χ1n) is 7.69. The van der Waals surface area contributed by atoms with Crippen molar-refractivity contribution in [2.75, 3.05) is 5.84 Å². The summed E-state index contributed by atoms with van der Waals surface area (Å²) in [5.74, 6) is 6.54. The van der Waals surface area contributed by atoms with E-state index in [9.17, 15) is 17.6 Å². The first kappa shape index (κ1) is 19.0. The molecule has 0 unspecified atom stereocenters. The van der Waals surface area contributed by atoms with Crippen molar-refractivity contribution in [3.05, 3.63) is 71.3 Å². The van der Waals surface area contributed by atoms with E-state index in [1.54, 1.807) is 6.07 Å². The molecule has 3 aromatic rings. The molecule has 0 aliphatic rings.